The molecule has 0 rings (SSSR count). The van der Waals surface area contributed by atoms with E-state index < -0.39 is 0 Å². The van der Waals surface area contributed by atoms with Crippen molar-refractivity contribution in [2.24, 2.45) is 0 Å². The van der Waals surface area contributed by atoms with Crippen LogP contribution < -0.4 is 0 Å². The van der Waals surface area contributed by atoms with Crippen LogP contribution in [0, 0.1) is 0 Å². The standard InChI is InChI=1S/C6H9O/c1-6(2)4-3-5-7/h3-5H,1-2H3. The fourth-order valence-electron chi connectivity index (χ4n) is 0.232. The molecule has 0 aromatic rings. The molecule has 7 heavy (non-hydrogen) atoms. The molecule has 0 aliphatic rings. The normalized spacial score (nSPS) is 9.43. The Labute approximate surface area is 44.0 Å². The van der Waals surface area contributed by atoms with Crippen molar-refractivity contribution >= 4 is 0 Å². The molecule has 0 N–H and O–H groups in total. The minimum absolute atomic E-state index is 0.771. The van der Waals surface area contributed by atoms with Crippen LogP contribution in [0.25, 0.3) is 0 Å². The van der Waals surface area contributed by atoms with Gasteiger partial charge in [0.1, 0.15) is 6.26 Å². The molecule has 0 heterocycles. The van der Waals surface area contributed by atoms with E-state index in [9.17, 15) is 5.11 Å². The number of hydrogen-bond donors (Lipinski definition) is 0. The largest absolute Gasteiger partial charge is 0.299 e. The molecule has 0 spiro atoms. The molecule has 0 bridgehead atoms. The van der Waals surface area contributed by atoms with E-state index >= 15 is 0 Å². The molecule has 0 aromatic heterocycles. The summed E-state index contributed by atoms with van der Waals surface area (Å²) in [6.45, 7) is 3.89. The first-order chi connectivity index (χ1) is 3.27. The fourth-order valence-corrected chi connectivity index (χ4v) is 0.232. The Bertz CT molecular complexity index is 86.4. The van der Waals surface area contributed by atoms with Gasteiger partial charge in [-0.1, -0.05) is 11.6 Å². The van der Waals surface area contributed by atoms with Gasteiger partial charge in [0, 0.05) is 0 Å². The van der Waals surface area contributed by atoms with Gasteiger partial charge in [0.2, 0.25) is 0 Å². The van der Waals surface area contributed by atoms with Gasteiger partial charge in [-0.25, -0.2) is 0 Å². The van der Waals surface area contributed by atoms with Crippen molar-refractivity contribution < 1.29 is 5.11 Å². The first-order valence-corrected chi connectivity index (χ1v) is 2.19. The highest BCUT2D eigenvalue weighted by Crippen LogP contribution is 1.86. The maximum absolute atomic E-state index is 9.61. The second-order valence-corrected chi connectivity index (χ2v) is 1.57. The first kappa shape index (κ1) is 6.28. The lowest BCUT2D eigenvalue weighted by molar-refractivity contribution is 0.352. The van der Waals surface area contributed by atoms with Crippen LogP contribution in [0.15, 0.2) is 24.0 Å². The van der Waals surface area contributed by atoms with E-state index in [2.05, 4.69) is 0 Å². The van der Waals surface area contributed by atoms with Crippen LogP contribution in [0.4, 0.5) is 0 Å². The van der Waals surface area contributed by atoms with Crippen molar-refractivity contribution in [2.45, 2.75) is 13.8 Å². The van der Waals surface area contributed by atoms with E-state index in [4.69, 9.17) is 0 Å². The minimum atomic E-state index is 0.771. The highest BCUT2D eigenvalue weighted by atomic mass is 16.2. The van der Waals surface area contributed by atoms with Gasteiger partial charge in [-0.15, -0.1) is 0 Å². The topological polar surface area (TPSA) is 19.9 Å². The molecule has 0 unspecified atom stereocenters. The molecule has 39 valence electrons. The van der Waals surface area contributed by atoms with Crippen molar-refractivity contribution in [1.29, 1.82) is 0 Å². The van der Waals surface area contributed by atoms with Gasteiger partial charge in [0.25, 0.3) is 0 Å². The van der Waals surface area contributed by atoms with E-state index in [1.807, 2.05) is 13.8 Å². The van der Waals surface area contributed by atoms with Gasteiger partial charge in [-0.2, -0.15) is 0 Å². The van der Waals surface area contributed by atoms with Crippen LogP contribution in [0.3, 0.4) is 0 Å². The van der Waals surface area contributed by atoms with E-state index in [0.717, 1.165) is 11.8 Å². The first-order valence-electron chi connectivity index (χ1n) is 2.19. The minimum Gasteiger partial charge on any atom is -0.299 e. The van der Waals surface area contributed by atoms with Crippen LogP contribution in [-0.4, -0.2) is 0 Å². The smallest absolute Gasteiger partial charge is 0.142 e. The molecular formula is C6H9O. The molecule has 1 heteroatoms. The Hall–Kier alpha value is -0.720. The zero-order valence-corrected chi connectivity index (χ0v) is 4.64. The lowest BCUT2D eigenvalue weighted by Crippen LogP contribution is -1.56. The molecule has 0 saturated carbocycles. The Balaban J connectivity index is 3.46. The lowest BCUT2D eigenvalue weighted by Gasteiger charge is -1.76. The van der Waals surface area contributed by atoms with E-state index in [1.54, 1.807) is 6.08 Å². The highest BCUT2D eigenvalue weighted by Gasteiger charge is 1.67. The molecule has 1 nitrogen and oxygen atoms in total. The third-order valence-corrected chi connectivity index (χ3v) is 0.508. The zero-order valence-electron chi connectivity index (χ0n) is 4.64. The Morgan fingerprint density at radius 1 is 1.43 bits per heavy atom. The molecule has 0 aromatic carbocycles. The van der Waals surface area contributed by atoms with Crippen molar-refractivity contribution in [3.8, 4) is 0 Å². The lowest BCUT2D eigenvalue weighted by atomic mass is 10.3. The van der Waals surface area contributed by atoms with Crippen LogP contribution in [0.5, 0.6) is 0 Å². The summed E-state index contributed by atoms with van der Waals surface area (Å²) in [7, 11) is 0. The van der Waals surface area contributed by atoms with Crippen LogP contribution in [-0.2, 0) is 5.11 Å². The van der Waals surface area contributed by atoms with Gasteiger partial charge < -0.3 is 0 Å². The number of rotatable bonds is 1. The van der Waals surface area contributed by atoms with Crippen molar-refractivity contribution in [3.05, 3.63) is 24.0 Å². The van der Waals surface area contributed by atoms with Crippen molar-refractivity contribution in [3.63, 3.8) is 0 Å². The summed E-state index contributed by atoms with van der Waals surface area (Å²) in [4.78, 5) is 0. The Morgan fingerprint density at radius 2 is 2.00 bits per heavy atom. The predicted molar refractivity (Wildman–Crippen MR) is 29.3 cm³/mol. The summed E-state index contributed by atoms with van der Waals surface area (Å²) in [5.74, 6) is 0. The molecular weight excluding hydrogens is 88.1 g/mol. The van der Waals surface area contributed by atoms with Crippen LogP contribution in [0.1, 0.15) is 13.8 Å². The molecule has 0 atom stereocenters. The summed E-state index contributed by atoms with van der Waals surface area (Å²) < 4.78 is 0. The summed E-state index contributed by atoms with van der Waals surface area (Å²) in [5, 5.41) is 9.61. The monoisotopic (exact) mass is 97.1 g/mol. The van der Waals surface area contributed by atoms with Crippen molar-refractivity contribution in [2.75, 3.05) is 0 Å². The Kier molecular flexibility index (Phi) is 3.11. The second kappa shape index (κ2) is 3.47. The predicted octanol–water partition coefficient (Wildman–Crippen LogP) is 1.90. The second-order valence-electron chi connectivity index (χ2n) is 1.57. The Morgan fingerprint density at radius 3 is 2.14 bits per heavy atom. The van der Waals surface area contributed by atoms with Crippen LogP contribution >= 0.6 is 0 Å². The summed E-state index contributed by atoms with van der Waals surface area (Å²) in [6, 6.07) is 0. The average molecular weight is 97.1 g/mol. The summed E-state index contributed by atoms with van der Waals surface area (Å²) in [5.41, 5.74) is 1.15. The van der Waals surface area contributed by atoms with E-state index in [-0.39, 0.29) is 0 Å². The maximum atomic E-state index is 9.61. The fraction of sp³-hybridized carbons (Fsp3) is 0.333. The third kappa shape index (κ3) is 5.28. The van der Waals surface area contributed by atoms with Gasteiger partial charge in [0.15, 0.2) is 0 Å². The van der Waals surface area contributed by atoms with Crippen molar-refractivity contribution in [1.82, 2.24) is 0 Å². The summed E-state index contributed by atoms with van der Waals surface area (Å²) >= 11 is 0. The molecule has 1 radical (unpaired) electrons. The van der Waals surface area contributed by atoms with Gasteiger partial charge in [-0.05, 0) is 19.9 Å². The zero-order chi connectivity index (χ0) is 5.70. The van der Waals surface area contributed by atoms with E-state index in [0.29, 0.717) is 0 Å². The molecule has 0 saturated heterocycles. The highest BCUT2D eigenvalue weighted by molar-refractivity contribution is 5.05. The van der Waals surface area contributed by atoms with Gasteiger partial charge >= 0.3 is 0 Å². The SMILES string of the molecule is CC(C)=CC=C[O]. The van der Waals surface area contributed by atoms with Gasteiger partial charge in [0.05, 0.1) is 0 Å². The summed E-state index contributed by atoms with van der Waals surface area (Å²) in [6.07, 6.45) is 4.02. The third-order valence-electron chi connectivity index (χ3n) is 0.508. The van der Waals surface area contributed by atoms with E-state index in [1.165, 1.54) is 6.08 Å². The molecule has 0 fully saturated rings. The molecule has 0 aliphatic heterocycles. The number of allylic oxidation sites excluding steroid dienone is 3. The molecule has 0 amide bonds. The van der Waals surface area contributed by atoms with Crippen LogP contribution in [0.2, 0.25) is 0 Å². The van der Waals surface area contributed by atoms with Gasteiger partial charge in [-0.3, -0.25) is 5.11 Å². The average Bonchev–Trinajstić information content (AvgIpc) is 1.61. The quantitative estimate of drug-likeness (QED) is 0.352. The molecule has 0 aliphatic carbocycles. The maximum Gasteiger partial charge on any atom is 0.142 e. The number of hydrogen-bond acceptors (Lipinski definition) is 0.